The number of benzene rings is 2. The highest BCUT2D eigenvalue weighted by Gasteiger charge is 2.38. The third-order valence-corrected chi connectivity index (χ3v) is 7.57. The number of fused-ring (bicyclic) bond motifs is 1. The number of nitrogens with zero attached hydrogens (tertiary/aromatic N) is 2. The second-order valence-corrected chi connectivity index (χ2v) is 12.3. The number of likely N-dealkylation sites (tertiary alicyclic amines) is 1. The van der Waals surface area contributed by atoms with Crippen molar-refractivity contribution in [2.24, 2.45) is 11.3 Å². The summed E-state index contributed by atoms with van der Waals surface area (Å²) in [5.41, 5.74) is 4.52. The summed E-state index contributed by atoms with van der Waals surface area (Å²) in [6.07, 6.45) is -3.83. The topological polar surface area (TPSA) is 158 Å². The zero-order chi connectivity index (χ0) is 34.9. The van der Waals surface area contributed by atoms with Gasteiger partial charge in [0.2, 0.25) is 11.8 Å². The van der Waals surface area contributed by atoms with Crippen LogP contribution in [-0.4, -0.2) is 69.2 Å². The van der Waals surface area contributed by atoms with E-state index in [0.29, 0.717) is 43.9 Å². The number of carboxylic acids is 1. The minimum Gasteiger partial charge on any atom is -0.489 e. The molecule has 0 radical (unpaired) electrons. The third-order valence-electron chi connectivity index (χ3n) is 7.57. The number of para-hydroxylation sites is 1. The number of rotatable bonds is 8. The summed E-state index contributed by atoms with van der Waals surface area (Å²) in [6, 6.07) is 16.3. The summed E-state index contributed by atoms with van der Waals surface area (Å²) >= 11 is 0. The van der Waals surface area contributed by atoms with Gasteiger partial charge in [0, 0.05) is 53.2 Å². The van der Waals surface area contributed by atoms with E-state index in [1.54, 1.807) is 29.7 Å². The second kappa shape index (κ2) is 15.7. The van der Waals surface area contributed by atoms with E-state index in [9.17, 15) is 27.6 Å². The molecule has 254 valence electrons. The molecule has 47 heavy (non-hydrogen) atoms. The number of pyridine rings is 1. The Labute approximate surface area is 270 Å². The molecule has 3 aromatic rings. The number of hydrogen-bond donors (Lipinski definition) is 4. The number of carbonyl (C=O) groups is 4. The van der Waals surface area contributed by atoms with Gasteiger partial charge in [-0.3, -0.25) is 24.6 Å². The van der Waals surface area contributed by atoms with Crippen molar-refractivity contribution in [3.63, 3.8) is 0 Å². The van der Waals surface area contributed by atoms with Crippen molar-refractivity contribution in [3.05, 3.63) is 71.4 Å². The summed E-state index contributed by atoms with van der Waals surface area (Å²) in [4.78, 5) is 53.1. The molecule has 1 atom stereocenters. The van der Waals surface area contributed by atoms with Gasteiger partial charge in [-0.05, 0) is 62.1 Å². The number of carbonyl (C=O) groups excluding carboxylic acids is 3. The molecule has 2 aromatic carbocycles. The van der Waals surface area contributed by atoms with Gasteiger partial charge in [-0.25, -0.2) is 10.3 Å². The van der Waals surface area contributed by atoms with Crippen molar-refractivity contribution in [2.45, 2.75) is 65.8 Å². The van der Waals surface area contributed by atoms with Crippen LogP contribution < -0.4 is 15.5 Å². The average Bonchev–Trinajstić information content (AvgIpc) is 3.02. The summed E-state index contributed by atoms with van der Waals surface area (Å²) < 4.78 is 37.8. The zero-order valence-corrected chi connectivity index (χ0v) is 26.6. The number of alkyl halides is 3. The van der Waals surface area contributed by atoms with E-state index in [1.165, 1.54) is 0 Å². The highest BCUT2D eigenvalue weighted by Crippen LogP contribution is 2.27. The number of aryl methyl sites for hydroxylation is 1. The smallest absolute Gasteiger partial charge is 0.489 e. The molecule has 0 saturated carbocycles. The number of halogens is 3. The minimum atomic E-state index is -5.08. The van der Waals surface area contributed by atoms with Gasteiger partial charge < -0.3 is 20.1 Å². The molecule has 1 aliphatic rings. The number of aromatic nitrogens is 1. The molecular formula is C33H39F3N4O7. The van der Waals surface area contributed by atoms with Gasteiger partial charge in [0.25, 0.3) is 5.91 Å². The number of ether oxygens (including phenoxy) is 1. The number of amides is 3. The highest BCUT2D eigenvalue weighted by atomic mass is 19.4. The molecule has 4 N–H and O–H groups in total. The maximum Gasteiger partial charge on any atom is 0.490 e. The van der Waals surface area contributed by atoms with Crippen LogP contribution in [0.2, 0.25) is 0 Å². The normalized spacial score (nSPS) is 14.4. The molecule has 1 aliphatic heterocycles. The molecule has 0 aliphatic carbocycles. The lowest BCUT2D eigenvalue weighted by molar-refractivity contribution is -0.192. The molecule has 1 fully saturated rings. The van der Waals surface area contributed by atoms with Gasteiger partial charge >= 0.3 is 12.1 Å². The fraction of sp³-hybridized carbons (Fsp3) is 0.424. The Hall–Kier alpha value is -4.72. The lowest BCUT2D eigenvalue weighted by atomic mass is 9.85. The maximum atomic E-state index is 13.1. The fourth-order valence-corrected chi connectivity index (χ4v) is 5.19. The van der Waals surface area contributed by atoms with Gasteiger partial charge in [-0.2, -0.15) is 13.2 Å². The number of nitrogens with one attached hydrogen (secondary N) is 2. The van der Waals surface area contributed by atoms with Crippen LogP contribution >= 0.6 is 0 Å². The number of piperidine rings is 1. The Morgan fingerprint density at radius 2 is 1.62 bits per heavy atom. The standard InChI is InChI=1S/C31H38N4O5.C2HF3O2/c1-20-17-23(25-7-5-6-8-26(25)32-20)19-40-24-11-9-22(10-12-24)29(37)33-27(18-28(36)34-39)21-13-15-35(16-14-21)30(38)31(2,3)4;3-2(4,5)1(6)7/h5-12,17,21,27,39H,13-16,18-19H2,1-4H3,(H,33,37)(H,34,36);(H,6,7). The van der Waals surface area contributed by atoms with Gasteiger partial charge in [0.05, 0.1) is 5.52 Å². The van der Waals surface area contributed by atoms with Crippen LogP contribution in [0.1, 0.15) is 61.6 Å². The molecule has 14 heteroatoms. The lowest BCUT2D eigenvalue weighted by Crippen LogP contribution is -2.50. The van der Waals surface area contributed by atoms with Gasteiger partial charge in [0.1, 0.15) is 12.4 Å². The molecule has 1 saturated heterocycles. The van der Waals surface area contributed by atoms with Crippen molar-refractivity contribution < 1.29 is 47.4 Å². The zero-order valence-electron chi connectivity index (χ0n) is 26.6. The number of hydrogen-bond acceptors (Lipinski definition) is 7. The predicted molar refractivity (Wildman–Crippen MR) is 166 cm³/mol. The molecule has 0 bridgehead atoms. The quantitative estimate of drug-likeness (QED) is 0.193. The van der Waals surface area contributed by atoms with Crippen LogP contribution in [0.25, 0.3) is 10.9 Å². The van der Waals surface area contributed by atoms with Crippen molar-refractivity contribution >= 4 is 34.6 Å². The van der Waals surface area contributed by atoms with Gasteiger partial charge in [0.15, 0.2) is 0 Å². The molecule has 1 aromatic heterocycles. The predicted octanol–water partition coefficient (Wildman–Crippen LogP) is 5.03. The fourth-order valence-electron chi connectivity index (χ4n) is 5.19. The van der Waals surface area contributed by atoms with Crippen LogP contribution in [0.15, 0.2) is 54.6 Å². The molecule has 1 unspecified atom stereocenters. The SMILES string of the molecule is Cc1cc(COc2ccc(C(=O)NC(CC(=O)NO)C3CCN(C(=O)C(C)(C)C)CC3)cc2)c2ccccc2n1.O=C(O)C(F)(F)F. The summed E-state index contributed by atoms with van der Waals surface area (Å²) in [6.45, 7) is 9.13. The van der Waals surface area contributed by atoms with Crippen molar-refractivity contribution in [1.82, 2.24) is 20.7 Å². The van der Waals surface area contributed by atoms with Crippen molar-refractivity contribution in [3.8, 4) is 5.75 Å². The number of hydroxylamine groups is 1. The summed E-state index contributed by atoms with van der Waals surface area (Å²) in [5, 5.41) is 20.2. The Morgan fingerprint density at radius 3 is 2.17 bits per heavy atom. The van der Waals surface area contributed by atoms with E-state index in [2.05, 4.69) is 10.3 Å². The van der Waals surface area contributed by atoms with E-state index in [-0.39, 0.29) is 24.2 Å². The van der Waals surface area contributed by atoms with E-state index < -0.39 is 29.5 Å². The number of aliphatic carboxylic acids is 1. The lowest BCUT2D eigenvalue weighted by Gasteiger charge is -2.38. The first-order valence-electron chi connectivity index (χ1n) is 14.9. The van der Waals surface area contributed by atoms with Crippen LogP contribution in [0.3, 0.4) is 0 Å². The van der Waals surface area contributed by atoms with E-state index >= 15 is 0 Å². The van der Waals surface area contributed by atoms with E-state index in [1.807, 2.05) is 62.9 Å². The number of carboxylic acid groups (broad SMARTS) is 1. The second-order valence-electron chi connectivity index (χ2n) is 12.3. The van der Waals surface area contributed by atoms with Crippen LogP contribution in [-0.2, 0) is 21.0 Å². The van der Waals surface area contributed by atoms with Crippen molar-refractivity contribution in [1.29, 1.82) is 0 Å². The van der Waals surface area contributed by atoms with E-state index in [0.717, 1.165) is 22.2 Å². The van der Waals surface area contributed by atoms with Crippen LogP contribution in [0.4, 0.5) is 13.2 Å². The Morgan fingerprint density at radius 1 is 1.02 bits per heavy atom. The largest absolute Gasteiger partial charge is 0.490 e. The van der Waals surface area contributed by atoms with Gasteiger partial charge in [-0.1, -0.05) is 39.0 Å². The maximum absolute atomic E-state index is 13.1. The van der Waals surface area contributed by atoms with Crippen LogP contribution in [0, 0.1) is 18.3 Å². The first-order valence-corrected chi connectivity index (χ1v) is 14.9. The summed E-state index contributed by atoms with van der Waals surface area (Å²) in [7, 11) is 0. The minimum absolute atomic E-state index is 0.00785. The van der Waals surface area contributed by atoms with Gasteiger partial charge in [-0.15, -0.1) is 0 Å². The summed E-state index contributed by atoms with van der Waals surface area (Å²) in [5.74, 6) is -2.93. The highest BCUT2D eigenvalue weighted by molar-refractivity contribution is 5.95. The first-order chi connectivity index (χ1) is 22.0. The average molecular weight is 661 g/mol. The first kappa shape index (κ1) is 36.7. The molecule has 4 rings (SSSR count). The monoisotopic (exact) mass is 660 g/mol. The van der Waals surface area contributed by atoms with E-state index in [4.69, 9.17) is 19.8 Å². The molecule has 2 heterocycles. The molecule has 0 spiro atoms. The Balaban J connectivity index is 0.000000771. The van der Waals surface area contributed by atoms with Crippen LogP contribution in [0.5, 0.6) is 5.75 Å². The Bertz CT molecular complexity index is 1570. The molecular weight excluding hydrogens is 621 g/mol. The third kappa shape index (κ3) is 10.7. The Kier molecular flexibility index (Phi) is 12.3. The molecule has 11 nitrogen and oxygen atoms in total. The van der Waals surface area contributed by atoms with Crippen molar-refractivity contribution in [2.75, 3.05) is 13.1 Å². The molecule has 3 amide bonds.